The fourth-order valence-electron chi connectivity index (χ4n) is 1.00. The van der Waals surface area contributed by atoms with E-state index in [9.17, 15) is 0 Å². The average Bonchev–Trinajstić information content (AvgIpc) is 2.25. The van der Waals surface area contributed by atoms with E-state index in [1.54, 1.807) is 11.8 Å². The molecule has 0 fully saturated rings. The minimum Gasteiger partial charge on any atom is -0.371 e. The van der Waals surface area contributed by atoms with Crippen molar-refractivity contribution in [3.63, 3.8) is 0 Å². The molecule has 1 aromatic carbocycles. The zero-order valence-corrected chi connectivity index (χ0v) is 9.96. The first kappa shape index (κ1) is 11.5. The van der Waals surface area contributed by atoms with Crippen molar-refractivity contribution in [2.24, 2.45) is 0 Å². The predicted octanol–water partition coefficient (Wildman–Crippen LogP) is 3.20. The second kappa shape index (κ2) is 6.85. The van der Waals surface area contributed by atoms with Crippen molar-refractivity contribution in [3.8, 4) is 0 Å². The lowest BCUT2D eigenvalue weighted by atomic mass is 10.2. The van der Waals surface area contributed by atoms with Crippen LogP contribution in [0.3, 0.4) is 0 Å². The van der Waals surface area contributed by atoms with E-state index < -0.39 is 0 Å². The molecule has 1 aromatic rings. The van der Waals surface area contributed by atoms with Gasteiger partial charge in [0.15, 0.2) is 0 Å². The van der Waals surface area contributed by atoms with Crippen molar-refractivity contribution in [3.05, 3.63) is 35.9 Å². The smallest absolute Gasteiger partial charge is 0.134 e. The van der Waals surface area contributed by atoms with E-state index in [4.69, 9.17) is 12.2 Å². The van der Waals surface area contributed by atoms with Crippen LogP contribution in [0.5, 0.6) is 0 Å². The van der Waals surface area contributed by atoms with E-state index in [-0.39, 0.29) is 0 Å². The van der Waals surface area contributed by atoms with E-state index in [2.05, 4.69) is 36.5 Å². The molecule has 0 spiro atoms. The number of hydrogen-bond donors (Lipinski definition) is 1. The molecule has 14 heavy (non-hydrogen) atoms. The van der Waals surface area contributed by atoms with E-state index in [0.29, 0.717) is 0 Å². The summed E-state index contributed by atoms with van der Waals surface area (Å²) in [5, 5.41) is 3.20. The first-order valence-electron chi connectivity index (χ1n) is 4.77. The Hall–Kier alpha value is -0.540. The largest absolute Gasteiger partial charge is 0.371 e. The summed E-state index contributed by atoms with van der Waals surface area (Å²) in [6.45, 7) is 3.11. The Morgan fingerprint density at radius 1 is 1.36 bits per heavy atom. The summed E-state index contributed by atoms with van der Waals surface area (Å²) in [5.41, 5.74) is 1.32. The molecular weight excluding hydrogens is 210 g/mol. The molecule has 0 unspecified atom stereocenters. The monoisotopic (exact) mass is 225 g/mol. The van der Waals surface area contributed by atoms with Crippen LogP contribution >= 0.6 is 24.0 Å². The minimum atomic E-state index is 0.899. The number of nitrogens with one attached hydrogen (secondary N) is 1. The molecule has 0 aliphatic rings. The van der Waals surface area contributed by atoms with Crippen LogP contribution in [0.4, 0.5) is 0 Å². The summed E-state index contributed by atoms with van der Waals surface area (Å²) >= 11 is 6.86. The van der Waals surface area contributed by atoms with Gasteiger partial charge in [0.05, 0.1) is 0 Å². The van der Waals surface area contributed by atoms with Crippen molar-refractivity contribution < 1.29 is 0 Å². The standard InChI is InChI=1S/C11H15NS2/c1-2-8-12-11(13)14-9-10-6-4-3-5-7-10/h3-7H,2,8-9H2,1H3,(H,12,13). The van der Waals surface area contributed by atoms with Crippen LogP contribution in [0.1, 0.15) is 18.9 Å². The first-order chi connectivity index (χ1) is 6.83. The quantitative estimate of drug-likeness (QED) is 0.790. The SMILES string of the molecule is CCCNC(=S)SCc1ccccc1. The lowest BCUT2D eigenvalue weighted by molar-refractivity contribution is 0.854. The Morgan fingerprint density at radius 3 is 2.71 bits per heavy atom. The number of thiocarbonyl (C=S) groups is 1. The van der Waals surface area contributed by atoms with Crippen LogP contribution < -0.4 is 5.32 Å². The highest BCUT2D eigenvalue weighted by Crippen LogP contribution is 2.12. The van der Waals surface area contributed by atoms with Crippen LogP contribution in [0.15, 0.2) is 30.3 Å². The number of benzene rings is 1. The Morgan fingerprint density at radius 2 is 2.07 bits per heavy atom. The van der Waals surface area contributed by atoms with Gasteiger partial charge in [0, 0.05) is 12.3 Å². The van der Waals surface area contributed by atoms with Crippen LogP contribution in [0.25, 0.3) is 0 Å². The van der Waals surface area contributed by atoms with E-state index >= 15 is 0 Å². The second-order valence-electron chi connectivity index (χ2n) is 2.99. The van der Waals surface area contributed by atoms with Crippen LogP contribution in [0, 0.1) is 0 Å². The van der Waals surface area contributed by atoms with Crippen LogP contribution in [-0.2, 0) is 5.75 Å². The number of hydrogen-bond acceptors (Lipinski definition) is 2. The summed E-state index contributed by atoms with van der Waals surface area (Å²) in [6, 6.07) is 10.4. The van der Waals surface area contributed by atoms with E-state index in [1.807, 2.05) is 6.07 Å². The number of rotatable bonds is 4. The first-order valence-corrected chi connectivity index (χ1v) is 6.17. The molecule has 0 saturated heterocycles. The molecule has 0 bridgehead atoms. The average molecular weight is 225 g/mol. The van der Waals surface area contributed by atoms with E-state index in [0.717, 1.165) is 23.0 Å². The van der Waals surface area contributed by atoms with Gasteiger partial charge in [-0.2, -0.15) is 0 Å². The van der Waals surface area contributed by atoms with Gasteiger partial charge in [-0.15, -0.1) is 0 Å². The molecule has 0 atom stereocenters. The van der Waals surface area contributed by atoms with Gasteiger partial charge in [-0.3, -0.25) is 0 Å². The van der Waals surface area contributed by atoms with Crippen molar-refractivity contribution in [1.82, 2.24) is 5.32 Å². The lowest BCUT2D eigenvalue weighted by Crippen LogP contribution is -2.18. The molecule has 0 radical (unpaired) electrons. The van der Waals surface area contributed by atoms with Gasteiger partial charge in [0.25, 0.3) is 0 Å². The molecule has 0 aromatic heterocycles. The third kappa shape index (κ3) is 4.63. The van der Waals surface area contributed by atoms with Crippen molar-refractivity contribution in [2.75, 3.05) is 6.54 Å². The summed E-state index contributed by atoms with van der Waals surface area (Å²) in [4.78, 5) is 0. The zero-order chi connectivity index (χ0) is 10.2. The topological polar surface area (TPSA) is 12.0 Å². The van der Waals surface area contributed by atoms with Gasteiger partial charge in [0.2, 0.25) is 0 Å². The Labute approximate surface area is 95.3 Å². The Balaban J connectivity index is 2.24. The third-order valence-corrected chi connectivity index (χ3v) is 3.11. The van der Waals surface area contributed by atoms with E-state index in [1.165, 1.54) is 5.56 Å². The van der Waals surface area contributed by atoms with Crippen LogP contribution in [0.2, 0.25) is 0 Å². The van der Waals surface area contributed by atoms with Crippen molar-refractivity contribution in [2.45, 2.75) is 19.1 Å². The summed E-state index contributed by atoms with van der Waals surface area (Å²) < 4.78 is 0.899. The van der Waals surface area contributed by atoms with Crippen molar-refractivity contribution in [1.29, 1.82) is 0 Å². The molecule has 0 amide bonds. The summed E-state index contributed by atoms with van der Waals surface area (Å²) in [7, 11) is 0. The molecular formula is C11H15NS2. The highest BCUT2D eigenvalue weighted by atomic mass is 32.2. The highest BCUT2D eigenvalue weighted by Gasteiger charge is 1.96. The Kier molecular flexibility index (Phi) is 5.64. The molecule has 76 valence electrons. The molecule has 0 aliphatic carbocycles. The lowest BCUT2D eigenvalue weighted by Gasteiger charge is -2.05. The molecule has 1 nitrogen and oxygen atoms in total. The molecule has 1 rings (SSSR count). The number of thioether (sulfide) groups is 1. The highest BCUT2D eigenvalue weighted by molar-refractivity contribution is 8.22. The zero-order valence-electron chi connectivity index (χ0n) is 8.32. The summed E-state index contributed by atoms with van der Waals surface area (Å²) in [6.07, 6.45) is 1.12. The van der Waals surface area contributed by atoms with Crippen LogP contribution in [-0.4, -0.2) is 10.9 Å². The van der Waals surface area contributed by atoms with Gasteiger partial charge in [-0.05, 0) is 12.0 Å². The summed E-state index contributed by atoms with van der Waals surface area (Å²) in [5.74, 6) is 0.955. The maximum Gasteiger partial charge on any atom is 0.134 e. The minimum absolute atomic E-state index is 0.899. The van der Waals surface area contributed by atoms with Gasteiger partial charge in [0.1, 0.15) is 4.32 Å². The van der Waals surface area contributed by atoms with Gasteiger partial charge < -0.3 is 5.32 Å². The van der Waals surface area contributed by atoms with Gasteiger partial charge in [-0.25, -0.2) is 0 Å². The maximum absolute atomic E-state index is 5.17. The fourth-order valence-corrected chi connectivity index (χ4v) is 1.97. The fraction of sp³-hybridized carbons (Fsp3) is 0.364. The molecule has 1 N–H and O–H groups in total. The molecule has 0 heterocycles. The Bertz CT molecular complexity index is 272. The second-order valence-corrected chi connectivity index (χ2v) is 4.64. The molecule has 0 saturated carbocycles. The van der Waals surface area contributed by atoms with Gasteiger partial charge >= 0.3 is 0 Å². The predicted molar refractivity (Wildman–Crippen MR) is 68.6 cm³/mol. The normalized spacial score (nSPS) is 9.79. The third-order valence-electron chi connectivity index (χ3n) is 1.73. The molecule has 0 aliphatic heterocycles. The molecule has 3 heteroatoms. The maximum atomic E-state index is 5.17. The van der Waals surface area contributed by atoms with Gasteiger partial charge in [-0.1, -0.05) is 61.2 Å². The van der Waals surface area contributed by atoms with Crippen molar-refractivity contribution >= 4 is 28.3 Å².